The quantitative estimate of drug-likeness (QED) is 0.0239. The minimum absolute atomic E-state index is 0.132. The Morgan fingerprint density at radius 3 is 0.909 bits per heavy atom. The molecule has 12 nitrogen and oxygen atoms in total. The first-order valence-electron chi connectivity index (χ1n) is 27.3. The molecule has 0 aliphatic rings. The van der Waals surface area contributed by atoms with Crippen molar-refractivity contribution in [3.8, 4) is 45.3 Å². The molecule has 12 heteroatoms. The summed E-state index contributed by atoms with van der Waals surface area (Å²) < 4.78 is 33.3. The summed E-state index contributed by atoms with van der Waals surface area (Å²) in [6.45, 7) is 8.20. The van der Waals surface area contributed by atoms with Gasteiger partial charge in [0.05, 0.1) is 34.5 Å². The van der Waals surface area contributed by atoms with Gasteiger partial charge in [0.25, 0.3) is 0 Å². The molecular weight excluding hydrogens is 973 g/mol. The van der Waals surface area contributed by atoms with Crippen LogP contribution in [0.5, 0.6) is 23.0 Å². The Kier molecular flexibility index (Phi) is 23.7. The van der Waals surface area contributed by atoms with Crippen molar-refractivity contribution in [1.29, 1.82) is 0 Å². The van der Waals surface area contributed by atoms with Crippen molar-refractivity contribution in [3.05, 3.63) is 168 Å². The molecule has 77 heavy (non-hydrogen) atoms. The maximum Gasteiger partial charge on any atom is 0.343 e. The van der Waals surface area contributed by atoms with E-state index in [9.17, 15) is 28.8 Å². The highest BCUT2D eigenvalue weighted by atomic mass is 16.6. The summed E-state index contributed by atoms with van der Waals surface area (Å²) in [7, 11) is 0. The van der Waals surface area contributed by atoms with Gasteiger partial charge in [-0.15, -0.1) is 0 Å². The lowest BCUT2D eigenvalue weighted by molar-refractivity contribution is -0.135. The fourth-order valence-electron chi connectivity index (χ4n) is 8.45. The van der Waals surface area contributed by atoms with E-state index >= 15 is 0 Å². The Hall–Kier alpha value is -7.86. The third-order valence-corrected chi connectivity index (χ3v) is 13.0. The Morgan fingerprint density at radius 2 is 0.571 bits per heavy atom. The second kappa shape index (κ2) is 31.3. The molecule has 404 valence electrons. The molecule has 0 spiro atoms. The summed E-state index contributed by atoms with van der Waals surface area (Å²) in [5.41, 5.74) is 5.17. The molecule has 0 amide bonds. The SMILES string of the molecule is CCCCCCC(C)OC(=O)c1ccc(-c2ccc(OC(=O)c3ccc(OC(=O)CCCCCCCC(=O)Oc4ccc(C(=O)Oc5ccc(-c6ccc(C(=O)OC(C)CCCCCC)cc6)cc5)cc4)cc3)cc2)cc1. The average Bonchev–Trinajstić information content (AvgIpc) is 3.43. The van der Waals surface area contributed by atoms with Crippen LogP contribution in [0.3, 0.4) is 0 Å². The highest BCUT2D eigenvalue weighted by molar-refractivity contribution is 5.93. The first-order valence-corrected chi connectivity index (χ1v) is 27.3. The van der Waals surface area contributed by atoms with E-state index in [0.717, 1.165) is 92.9 Å². The van der Waals surface area contributed by atoms with Crippen molar-refractivity contribution in [3.63, 3.8) is 0 Å². The lowest BCUT2D eigenvalue weighted by Crippen LogP contribution is -2.15. The molecule has 0 aromatic heterocycles. The molecule has 6 aromatic rings. The molecule has 0 aliphatic heterocycles. The molecular formula is C65H72O12. The standard InChI is InChI=1S/C65H72O12/c1-5-7-9-14-18-46(3)72-62(68)52-26-22-48(23-27-52)50-30-38-58(39-31-50)76-64(70)54-34-42-56(43-35-54)74-60(66)20-16-12-11-13-17-21-61(67)75-57-44-36-55(37-45-57)65(71)77-59-40-32-51(33-41-59)49-24-28-53(29-25-49)63(69)73-47(4)19-15-10-8-6-2/h22-47H,5-21H2,1-4H3. The van der Waals surface area contributed by atoms with E-state index in [1.54, 1.807) is 97.1 Å². The summed E-state index contributed by atoms with van der Waals surface area (Å²) in [4.78, 5) is 76.0. The Balaban J connectivity index is 0.808. The van der Waals surface area contributed by atoms with Gasteiger partial charge in [0.15, 0.2) is 0 Å². The van der Waals surface area contributed by atoms with E-state index in [1.165, 1.54) is 12.8 Å². The van der Waals surface area contributed by atoms with Crippen molar-refractivity contribution >= 4 is 35.8 Å². The number of carbonyl (C=O) groups is 6. The van der Waals surface area contributed by atoms with Gasteiger partial charge in [0.1, 0.15) is 23.0 Å². The maximum atomic E-state index is 12.9. The Bertz CT molecular complexity index is 2610. The first kappa shape index (κ1) is 58.4. The van der Waals surface area contributed by atoms with Gasteiger partial charge < -0.3 is 28.4 Å². The van der Waals surface area contributed by atoms with Crippen LogP contribution in [0.4, 0.5) is 0 Å². The zero-order chi connectivity index (χ0) is 54.8. The number of ether oxygens (including phenoxy) is 6. The molecule has 2 atom stereocenters. The highest BCUT2D eigenvalue weighted by Crippen LogP contribution is 2.27. The van der Waals surface area contributed by atoms with Gasteiger partial charge in [-0.05, 0) is 172 Å². The number of hydrogen-bond acceptors (Lipinski definition) is 12. The number of unbranched alkanes of at least 4 members (excludes halogenated alkanes) is 10. The molecule has 0 radical (unpaired) electrons. The lowest BCUT2D eigenvalue weighted by Gasteiger charge is -2.13. The zero-order valence-corrected chi connectivity index (χ0v) is 44.9. The van der Waals surface area contributed by atoms with Crippen LogP contribution >= 0.6 is 0 Å². The molecule has 6 rings (SSSR count). The number of carbonyl (C=O) groups excluding carboxylic acids is 6. The summed E-state index contributed by atoms with van der Waals surface area (Å²) in [5.74, 6) is -1.16. The van der Waals surface area contributed by atoms with Gasteiger partial charge in [-0.1, -0.05) is 120 Å². The molecule has 0 fully saturated rings. The molecule has 0 saturated carbocycles. The second-order valence-electron chi connectivity index (χ2n) is 19.4. The fraction of sp³-hybridized carbons (Fsp3) is 0.354. The smallest absolute Gasteiger partial charge is 0.343 e. The van der Waals surface area contributed by atoms with Gasteiger partial charge in [-0.2, -0.15) is 0 Å². The molecule has 2 unspecified atom stereocenters. The predicted octanol–water partition coefficient (Wildman–Crippen LogP) is 15.7. The first-order chi connectivity index (χ1) is 37.4. The molecule has 0 heterocycles. The normalized spacial score (nSPS) is 11.7. The third-order valence-electron chi connectivity index (χ3n) is 13.0. The van der Waals surface area contributed by atoms with Crippen LogP contribution < -0.4 is 18.9 Å². The molecule has 0 saturated heterocycles. The molecule has 0 aliphatic carbocycles. The van der Waals surface area contributed by atoms with Gasteiger partial charge in [0.2, 0.25) is 0 Å². The van der Waals surface area contributed by atoms with Crippen LogP contribution in [-0.4, -0.2) is 48.0 Å². The summed E-state index contributed by atoms with van der Waals surface area (Å²) >= 11 is 0. The lowest BCUT2D eigenvalue weighted by atomic mass is 10.0. The van der Waals surface area contributed by atoms with Crippen molar-refractivity contribution in [2.45, 2.75) is 149 Å². The Morgan fingerprint density at radius 1 is 0.312 bits per heavy atom. The molecule has 0 bridgehead atoms. The van der Waals surface area contributed by atoms with Gasteiger partial charge >= 0.3 is 35.8 Å². The minimum atomic E-state index is -0.555. The zero-order valence-electron chi connectivity index (χ0n) is 44.9. The Labute approximate surface area is 453 Å². The minimum Gasteiger partial charge on any atom is -0.459 e. The van der Waals surface area contributed by atoms with Crippen LogP contribution in [0, 0.1) is 0 Å². The van der Waals surface area contributed by atoms with Gasteiger partial charge in [0, 0.05) is 12.8 Å². The van der Waals surface area contributed by atoms with E-state index in [-0.39, 0.29) is 48.9 Å². The van der Waals surface area contributed by atoms with Crippen LogP contribution in [0.25, 0.3) is 22.3 Å². The van der Waals surface area contributed by atoms with E-state index in [4.69, 9.17) is 28.4 Å². The highest BCUT2D eigenvalue weighted by Gasteiger charge is 2.17. The van der Waals surface area contributed by atoms with Gasteiger partial charge in [-0.25, -0.2) is 19.2 Å². The fourth-order valence-corrected chi connectivity index (χ4v) is 8.45. The van der Waals surface area contributed by atoms with E-state index in [0.29, 0.717) is 58.1 Å². The van der Waals surface area contributed by atoms with Crippen molar-refractivity contribution in [2.24, 2.45) is 0 Å². The average molecular weight is 1050 g/mol. The molecule has 6 aromatic carbocycles. The van der Waals surface area contributed by atoms with E-state index < -0.39 is 11.9 Å². The molecule has 0 N–H and O–H groups in total. The van der Waals surface area contributed by atoms with E-state index in [2.05, 4.69) is 13.8 Å². The monoisotopic (exact) mass is 1040 g/mol. The maximum absolute atomic E-state index is 12.9. The number of benzene rings is 6. The number of rotatable bonds is 30. The largest absolute Gasteiger partial charge is 0.459 e. The van der Waals surface area contributed by atoms with E-state index in [1.807, 2.05) is 62.4 Å². The third kappa shape index (κ3) is 20.0. The van der Waals surface area contributed by atoms with Crippen LogP contribution in [-0.2, 0) is 19.1 Å². The van der Waals surface area contributed by atoms with Crippen LogP contribution in [0.1, 0.15) is 178 Å². The van der Waals surface area contributed by atoms with Crippen molar-refractivity contribution in [2.75, 3.05) is 0 Å². The van der Waals surface area contributed by atoms with Crippen molar-refractivity contribution in [1.82, 2.24) is 0 Å². The number of esters is 6. The topological polar surface area (TPSA) is 158 Å². The summed E-state index contributed by atoms with van der Waals surface area (Å²) in [6.07, 6.45) is 14.6. The van der Waals surface area contributed by atoms with Crippen molar-refractivity contribution < 1.29 is 57.2 Å². The second-order valence-corrected chi connectivity index (χ2v) is 19.4. The number of hydrogen-bond donors (Lipinski definition) is 0. The van der Waals surface area contributed by atoms with Crippen LogP contribution in [0.2, 0.25) is 0 Å². The van der Waals surface area contributed by atoms with Crippen LogP contribution in [0.15, 0.2) is 146 Å². The van der Waals surface area contributed by atoms with Gasteiger partial charge in [-0.3, -0.25) is 9.59 Å². The summed E-state index contributed by atoms with van der Waals surface area (Å²) in [5, 5.41) is 0. The summed E-state index contributed by atoms with van der Waals surface area (Å²) in [6, 6.07) is 41.0. The predicted molar refractivity (Wildman–Crippen MR) is 297 cm³/mol.